The van der Waals surface area contributed by atoms with E-state index in [9.17, 15) is 9.90 Å². The van der Waals surface area contributed by atoms with Gasteiger partial charge in [-0.25, -0.2) is 9.48 Å². The summed E-state index contributed by atoms with van der Waals surface area (Å²) >= 11 is 0. The van der Waals surface area contributed by atoms with Crippen molar-refractivity contribution in [1.29, 1.82) is 0 Å². The highest BCUT2D eigenvalue weighted by molar-refractivity contribution is 6.01. The summed E-state index contributed by atoms with van der Waals surface area (Å²) in [5.41, 5.74) is 4.55. The number of carboxylic acid groups (broad SMARTS) is 1. The number of aromatic carboxylic acids is 1. The lowest BCUT2D eigenvalue weighted by molar-refractivity contribution is 0.0698. The van der Waals surface area contributed by atoms with Crippen molar-refractivity contribution in [3.8, 4) is 28.2 Å². The lowest BCUT2D eigenvalue weighted by Gasteiger charge is -2.09. The van der Waals surface area contributed by atoms with Gasteiger partial charge < -0.3 is 5.11 Å². The molecule has 4 rings (SSSR count). The molecule has 5 nitrogen and oxygen atoms in total. The van der Waals surface area contributed by atoms with Crippen molar-refractivity contribution in [1.82, 2.24) is 14.8 Å². The number of carbonyl (C=O) groups is 1. The van der Waals surface area contributed by atoms with Crippen LogP contribution >= 0.6 is 0 Å². The summed E-state index contributed by atoms with van der Waals surface area (Å²) in [6.07, 6.45) is 3.27. The fraction of sp³-hybridized carbons (Fsp3) is 0.0455. The Labute approximate surface area is 156 Å². The van der Waals surface area contributed by atoms with Gasteiger partial charge in [-0.2, -0.15) is 5.10 Å². The molecule has 1 N–H and O–H groups in total. The number of rotatable bonds is 4. The number of pyridine rings is 1. The second kappa shape index (κ2) is 6.88. The molecule has 4 aromatic rings. The molecule has 0 bridgehead atoms. The summed E-state index contributed by atoms with van der Waals surface area (Å²) in [6.45, 7) is 2.00. The van der Waals surface area contributed by atoms with E-state index in [-0.39, 0.29) is 5.56 Å². The second-order valence-corrected chi connectivity index (χ2v) is 6.23. The average molecular weight is 355 g/mol. The smallest absolute Gasteiger partial charge is 0.340 e. The molecule has 0 aliphatic carbocycles. The van der Waals surface area contributed by atoms with Gasteiger partial charge in [-0.3, -0.25) is 4.98 Å². The molecule has 0 aliphatic rings. The van der Waals surface area contributed by atoms with E-state index < -0.39 is 5.97 Å². The van der Waals surface area contributed by atoms with Gasteiger partial charge in [0.15, 0.2) is 0 Å². The third-order valence-electron chi connectivity index (χ3n) is 4.35. The van der Waals surface area contributed by atoms with E-state index in [1.165, 1.54) is 0 Å². The maximum Gasteiger partial charge on any atom is 0.340 e. The number of nitrogens with zero attached hydrogens (tertiary/aromatic N) is 3. The predicted molar refractivity (Wildman–Crippen MR) is 104 cm³/mol. The molecule has 5 heteroatoms. The number of benzene rings is 2. The van der Waals surface area contributed by atoms with Crippen LogP contribution in [0.2, 0.25) is 0 Å². The standard InChI is InChI=1S/C22H17N3O2/c1-15-6-5-9-18(14-15)25-21(17-7-3-2-4-8-17)19(22(26)27)20(24-25)16-10-12-23-13-11-16/h2-14H,1H3,(H,26,27). The van der Waals surface area contributed by atoms with E-state index in [1.807, 2.05) is 61.5 Å². The van der Waals surface area contributed by atoms with Gasteiger partial charge in [-0.15, -0.1) is 0 Å². The highest BCUT2D eigenvalue weighted by Gasteiger charge is 2.26. The Morgan fingerprint density at radius 2 is 1.67 bits per heavy atom. The first kappa shape index (κ1) is 16.7. The van der Waals surface area contributed by atoms with Crippen LogP contribution in [0.25, 0.3) is 28.2 Å². The fourth-order valence-corrected chi connectivity index (χ4v) is 3.14. The zero-order chi connectivity index (χ0) is 18.8. The molecular weight excluding hydrogens is 338 g/mol. The zero-order valence-corrected chi connectivity index (χ0v) is 14.7. The average Bonchev–Trinajstić information content (AvgIpc) is 3.10. The Bertz CT molecular complexity index is 1100. The van der Waals surface area contributed by atoms with E-state index in [2.05, 4.69) is 4.98 Å². The summed E-state index contributed by atoms with van der Waals surface area (Å²) in [4.78, 5) is 16.3. The maximum atomic E-state index is 12.2. The minimum Gasteiger partial charge on any atom is -0.478 e. The van der Waals surface area contributed by atoms with Crippen molar-refractivity contribution in [3.63, 3.8) is 0 Å². The molecule has 0 atom stereocenters. The third-order valence-corrected chi connectivity index (χ3v) is 4.35. The summed E-state index contributed by atoms with van der Waals surface area (Å²) in [5.74, 6) is -1.01. The third kappa shape index (κ3) is 3.11. The zero-order valence-electron chi connectivity index (χ0n) is 14.7. The summed E-state index contributed by atoms with van der Waals surface area (Å²) in [6, 6.07) is 20.9. The van der Waals surface area contributed by atoms with Crippen molar-refractivity contribution >= 4 is 5.97 Å². The minimum absolute atomic E-state index is 0.175. The van der Waals surface area contributed by atoms with E-state index in [1.54, 1.807) is 29.2 Å². The van der Waals surface area contributed by atoms with Crippen LogP contribution in [-0.2, 0) is 0 Å². The molecule has 0 amide bonds. The van der Waals surface area contributed by atoms with Gasteiger partial charge in [0.2, 0.25) is 0 Å². The molecular formula is C22H17N3O2. The van der Waals surface area contributed by atoms with Crippen molar-refractivity contribution in [2.45, 2.75) is 6.92 Å². The van der Waals surface area contributed by atoms with E-state index in [4.69, 9.17) is 5.10 Å². The molecule has 2 aromatic heterocycles. The summed E-state index contributed by atoms with van der Waals surface area (Å²) in [5, 5.41) is 14.7. The van der Waals surface area contributed by atoms with Gasteiger partial charge in [0.05, 0.1) is 11.4 Å². The highest BCUT2D eigenvalue weighted by Crippen LogP contribution is 2.34. The van der Waals surface area contributed by atoms with E-state index in [0.717, 1.165) is 16.8 Å². The normalized spacial score (nSPS) is 10.7. The molecule has 0 spiro atoms. The second-order valence-electron chi connectivity index (χ2n) is 6.23. The molecule has 0 saturated heterocycles. The molecule has 0 fully saturated rings. The van der Waals surface area contributed by atoms with Gasteiger partial charge in [-0.1, -0.05) is 42.5 Å². The first-order chi connectivity index (χ1) is 13.1. The van der Waals surface area contributed by atoms with E-state index in [0.29, 0.717) is 17.0 Å². The van der Waals surface area contributed by atoms with Crippen molar-refractivity contribution in [2.24, 2.45) is 0 Å². The molecule has 0 radical (unpaired) electrons. The first-order valence-corrected chi connectivity index (χ1v) is 8.54. The Morgan fingerprint density at radius 1 is 0.926 bits per heavy atom. The summed E-state index contributed by atoms with van der Waals surface area (Å²) < 4.78 is 1.71. The Hall–Kier alpha value is -3.73. The topological polar surface area (TPSA) is 68.0 Å². The molecule has 132 valence electrons. The lowest BCUT2D eigenvalue weighted by Crippen LogP contribution is -2.03. The number of hydrogen-bond acceptors (Lipinski definition) is 3. The number of aryl methyl sites for hydroxylation is 1. The first-order valence-electron chi connectivity index (χ1n) is 8.54. The largest absolute Gasteiger partial charge is 0.478 e. The molecule has 0 unspecified atom stereocenters. The van der Waals surface area contributed by atoms with Crippen LogP contribution in [0, 0.1) is 6.92 Å². The van der Waals surface area contributed by atoms with Gasteiger partial charge in [0.1, 0.15) is 11.3 Å². The van der Waals surface area contributed by atoms with Crippen LogP contribution in [0.4, 0.5) is 0 Å². The Morgan fingerprint density at radius 3 is 2.33 bits per heavy atom. The van der Waals surface area contributed by atoms with Crippen LogP contribution in [0.15, 0.2) is 79.1 Å². The fourth-order valence-electron chi connectivity index (χ4n) is 3.14. The monoisotopic (exact) mass is 355 g/mol. The van der Waals surface area contributed by atoms with Crippen LogP contribution < -0.4 is 0 Å². The van der Waals surface area contributed by atoms with Crippen LogP contribution in [0.3, 0.4) is 0 Å². The van der Waals surface area contributed by atoms with Gasteiger partial charge in [0.25, 0.3) is 0 Å². The van der Waals surface area contributed by atoms with Crippen molar-refractivity contribution < 1.29 is 9.90 Å². The predicted octanol–water partition coefficient (Wildman–Crippen LogP) is 4.61. The molecule has 2 heterocycles. The number of hydrogen-bond donors (Lipinski definition) is 1. The van der Waals surface area contributed by atoms with Crippen LogP contribution in [0.5, 0.6) is 0 Å². The van der Waals surface area contributed by atoms with E-state index >= 15 is 0 Å². The Balaban J connectivity index is 2.07. The van der Waals surface area contributed by atoms with Gasteiger partial charge in [-0.05, 0) is 36.8 Å². The van der Waals surface area contributed by atoms with Gasteiger partial charge in [0, 0.05) is 23.5 Å². The lowest BCUT2D eigenvalue weighted by atomic mass is 10.0. The number of aromatic nitrogens is 3. The van der Waals surface area contributed by atoms with Crippen LogP contribution in [0.1, 0.15) is 15.9 Å². The summed E-state index contributed by atoms with van der Waals surface area (Å²) in [7, 11) is 0. The molecule has 2 aromatic carbocycles. The molecule has 27 heavy (non-hydrogen) atoms. The minimum atomic E-state index is -1.01. The molecule has 0 saturated carbocycles. The Kier molecular flexibility index (Phi) is 4.26. The van der Waals surface area contributed by atoms with Crippen molar-refractivity contribution in [3.05, 3.63) is 90.3 Å². The SMILES string of the molecule is Cc1cccc(-n2nc(-c3ccncc3)c(C(=O)O)c2-c2ccccc2)c1. The highest BCUT2D eigenvalue weighted by atomic mass is 16.4. The molecule has 0 aliphatic heterocycles. The van der Waals surface area contributed by atoms with Gasteiger partial charge >= 0.3 is 5.97 Å². The van der Waals surface area contributed by atoms with Crippen LogP contribution in [-0.4, -0.2) is 25.8 Å². The number of carboxylic acids is 1. The quantitative estimate of drug-likeness (QED) is 0.580. The van der Waals surface area contributed by atoms with Crippen molar-refractivity contribution in [2.75, 3.05) is 0 Å². The maximum absolute atomic E-state index is 12.2.